The molecule has 0 radical (unpaired) electrons. The molecule has 3 heterocycles. The van der Waals surface area contributed by atoms with Crippen LogP contribution in [0.25, 0.3) is 5.57 Å². The van der Waals surface area contributed by atoms with Crippen LogP contribution < -0.4 is 4.90 Å². The normalized spacial score (nSPS) is 20.5. The van der Waals surface area contributed by atoms with Crippen LogP contribution in [0.15, 0.2) is 53.6 Å². The molecular weight excluding hydrogens is 412 g/mol. The van der Waals surface area contributed by atoms with Gasteiger partial charge in [0.05, 0.1) is 27.4 Å². The number of nitrogens with zero attached hydrogens (tertiary/aromatic N) is 4. The van der Waals surface area contributed by atoms with E-state index in [2.05, 4.69) is 21.0 Å². The number of hydrogen-bond donors (Lipinski definition) is 0. The van der Waals surface area contributed by atoms with E-state index in [1.165, 1.54) is 6.20 Å². The van der Waals surface area contributed by atoms with Gasteiger partial charge in [-0.25, -0.2) is 18.4 Å². The molecule has 0 bridgehead atoms. The van der Waals surface area contributed by atoms with Crippen LogP contribution in [0.1, 0.15) is 45.5 Å². The fourth-order valence-electron chi connectivity index (χ4n) is 4.09. The SMILES string of the molecule is Cc1ncc(C2=CCC3C(=C2)N(c2cncc(S(=O)(=O)C(C)C)c2)C(=O)C3(C)C)cn1. The van der Waals surface area contributed by atoms with Crippen molar-refractivity contribution in [3.05, 3.63) is 60.1 Å². The number of sulfone groups is 1. The second-order valence-electron chi connectivity index (χ2n) is 8.87. The minimum Gasteiger partial charge on any atom is -0.282 e. The van der Waals surface area contributed by atoms with Crippen LogP contribution in [-0.4, -0.2) is 34.5 Å². The number of carbonyl (C=O) groups excluding carboxylic acids is 1. The van der Waals surface area contributed by atoms with E-state index in [0.29, 0.717) is 17.9 Å². The summed E-state index contributed by atoms with van der Waals surface area (Å²) in [4.78, 5) is 27.9. The number of aromatic nitrogens is 3. The van der Waals surface area contributed by atoms with E-state index < -0.39 is 20.5 Å². The Morgan fingerprint density at radius 1 is 1.13 bits per heavy atom. The quantitative estimate of drug-likeness (QED) is 0.722. The Morgan fingerprint density at radius 3 is 2.45 bits per heavy atom. The molecule has 2 aromatic heterocycles. The Kier molecular flexibility index (Phi) is 5.08. The predicted molar refractivity (Wildman–Crippen MR) is 119 cm³/mol. The largest absolute Gasteiger partial charge is 0.282 e. The van der Waals surface area contributed by atoms with Crippen molar-refractivity contribution in [2.24, 2.45) is 11.3 Å². The fourth-order valence-corrected chi connectivity index (χ4v) is 5.13. The molecule has 0 aromatic carbocycles. The lowest BCUT2D eigenvalue weighted by atomic mass is 9.75. The molecule has 31 heavy (non-hydrogen) atoms. The molecule has 0 saturated carbocycles. The number of amides is 1. The first-order valence-electron chi connectivity index (χ1n) is 10.3. The standard InChI is InChI=1S/C23H26N4O3S/c1-14(2)31(29,30)19-9-18(12-24-13-19)27-21-8-16(17-10-25-15(3)26-11-17)6-7-20(21)23(4,5)22(27)28/h6,8-14,20H,7H2,1-5H3. The Bertz CT molecular complexity index is 1210. The van der Waals surface area contributed by atoms with Crippen LogP contribution in [0.5, 0.6) is 0 Å². The van der Waals surface area contributed by atoms with Gasteiger partial charge in [-0.3, -0.25) is 14.7 Å². The van der Waals surface area contributed by atoms with Crippen LogP contribution in [0.3, 0.4) is 0 Å². The second kappa shape index (κ2) is 7.37. The number of aryl methyl sites for hydroxylation is 1. The van der Waals surface area contributed by atoms with Crippen molar-refractivity contribution in [1.82, 2.24) is 15.0 Å². The van der Waals surface area contributed by atoms with E-state index in [1.807, 2.05) is 26.8 Å². The molecule has 1 saturated heterocycles. The highest BCUT2D eigenvalue weighted by Crippen LogP contribution is 2.50. The lowest BCUT2D eigenvalue weighted by Gasteiger charge is -2.26. The Labute approximate surface area is 182 Å². The van der Waals surface area contributed by atoms with Crippen LogP contribution >= 0.6 is 0 Å². The molecule has 4 rings (SSSR count). The maximum absolute atomic E-state index is 13.4. The first kappa shape index (κ1) is 21.4. The maximum Gasteiger partial charge on any atom is 0.237 e. The summed E-state index contributed by atoms with van der Waals surface area (Å²) in [5.74, 6) is 0.610. The van der Waals surface area contributed by atoms with Crippen molar-refractivity contribution in [2.75, 3.05) is 4.90 Å². The second-order valence-corrected chi connectivity index (χ2v) is 11.4. The summed E-state index contributed by atoms with van der Waals surface area (Å²) in [6.45, 7) is 8.96. The summed E-state index contributed by atoms with van der Waals surface area (Å²) in [6, 6.07) is 1.55. The van der Waals surface area contributed by atoms with Crippen molar-refractivity contribution in [1.29, 1.82) is 0 Å². The molecule has 1 fully saturated rings. The zero-order valence-electron chi connectivity index (χ0n) is 18.3. The Hall–Kier alpha value is -2.87. The Morgan fingerprint density at radius 2 is 1.81 bits per heavy atom. The molecule has 7 nitrogen and oxygen atoms in total. The molecule has 2 aliphatic rings. The van der Waals surface area contributed by atoms with Gasteiger partial charge in [0.1, 0.15) is 5.82 Å². The number of fused-ring (bicyclic) bond motifs is 1. The van der Waals surface area contributed by atoms with Gasteiger partial charge in [-0.05, 0) is 44.9 Å². The van der Waals surface area contributed by atoms with E-state index in [1.54, 1.807) is 43.4 Å². The minimum absolute atomic E-state index is 0.0134. The predicted octanol–water partition coefficient (Wildman–Crippen LogP) is 3.72. The van der Waals surface area contributed by atoms with Gasteiger partial charge in [-0.1, -0.05) is 19.9 Å². The summed E-state index contributed by atoms with van der Waals surface area (Å²) in [7, 11) is -3.51. The van der Waals surface area contributed by atoms with E-state index >= 15 is 0 Å². The summed E-state index contributed by atoms with van der Waals surface area (Å²) < 4.78 is 25.3. The van der Waals surface area contributed by atoms with E-state index in [-0.39, 0.29) is 16.7 Å². The van der Waals surface area contributed by atoms with Gasteiger partial charge < -0.3 is 0 Å². The highest BCUT2D eigenvalue weighted by molar-refractivity contribution is 7.92. The summed E-state index contributed by atoms with van der Waals surface area (Å²) in [5.41, 5.74) is 2.51. The molecule has 2 aromatic rings. The molecule has 1 atom stereocenters. The van der Waals surface area contributed by atoms with E-state index in [4.69, 9.17) is 0 Å². The molecule has 0 N–H and O–H groups in total. The Balaban J connectivity index is 1.81. The van der Waals surface area contributed by atoms with Crippen molar-refractivity contribution >= 4 is 27.0 Å². The number of rotatable bonds is 4. The molecule has 0 spiro atoms. The van der Waals surface area contributed by atoms with Crippen molar-refractivity contribution in [2.45, 2.75) is 51.2 Å². The van der Waals surface area contributed by atoms with Crippen molar-refractivity contribution in [3.8, 4) is 0 Å². The number of allylic oxidation sites excluding steroid dienone is 4. The highest BCUT2D eigenvalue weighted by Gasteiger charge is 2.51. The molecular formula is C23H26N4O3S. The zero-order valence-corrected chi connectivity index (χ0v) is 19.1. The van der Waals surface area contributed by atoms with Gasteiger partial charge in [0.25, 0.3) is 0 Å². The highest BCUT2D eigenvalue weighted by atomic mass is 32.2. The van der Waals surface area contributed by atoms with Gasteiger partial charge in [-0.15, -0.1) is 0 Å². The van der Waals surface area contributed by atoms with Crippen molar-refractivity contribution < 1.29 is 13.2 Å². The fraction of sp³-hybridized carbons (Fsp3) is 0.391. The van der Waals surface area contributed by atoms with Gasteiger partial charge in [0.15, 0.2) is 9.84 Å². The van der Waals surface area contributed by atoms with Gasteiger partial charge in [0, 0.05) is 35.8 Å². The topological polar surface area (TPSA) is 93.1 Å². The first-order chi connectivity index (χ1) is 14.5. The summed E-state index contributed by atoms with van der Waals surface area (Å²) in [6.07, 6.45) is 11.2. The number of anilines is 1. The third-order valence-electron chi connectivity index (χ3n) is 6.14. The molecule has 162 valence electrons. The van der Waals surface area contributed by atoms with Crippen LogP contribution in [0, 0.1) is 18.3 Å². The first-order valence-corrected chi connectivity index (χ1v) is 11.8. The molecule has 1 unspecified atom stereocenters. The van der Waals surface area contributed by atoms with Crippen LogP contribution in [0.4, 0.5) is 5.69 Å². The van der Waals surface area contributed by atoms with Gasteiger partial charge in [0.2, 0.25) is 5.91 Å². The third kappa shape index (κ3) is 3.48. The molecule has 1 aliphatic heterocycles. The molecule has 1 aliphatic carbocycles. The van der Waals surface area contributed by atoms with Crippen LogP contribution in [-0.2, 0) is 14.6 Å². The van der Waals surface area contributed by atoms with E-state index in [9.17, 15) is 13.2 Å². The number of pyridine rings is 1. The average Bonchev–Trinajstić information content (AvgIpc) is 2.93. The van der Waals surface area contributed by atoms with Crippen LogP contribution in [0.2, 0.25) is 0 Å². The van der Waals surface area contributed by atoms with E-state index in [0.717, 1.165) is 16.8 Å². The molecule has 8 heteroatoms. The van der Waals surface area contributed by atoms with Crippen molar-refractivity contribution in [3.63, 3.8) is 0 Å². The lowest BCUT2D eigenvalue weighted by Crippen LogP contribution is -2.31. The number of hydrogen-bond acceptors (Lipinski definition) is 6. The average molecular weight is 439 g/mol. The van der Waals surface area contributed by atoms with Gasteiger partial charge in [-0.2, -0.15) is 0 Å². The number of carbonyl (C=O) groups is 1. The smallest absolute Gasteiger partial charge is 0.237 e. The third-order valence-corrected chi connectivity index (χ3v) is 8.26. The monoisotopic (exact) mass is 438 g/mol. The van der Waals surface area contributed by atoms with Gasteiger partial charge >= 0.3 is 0 Å². The summed E-state index contributed by atoms with van der Waals surface area (Å²) >= 11 is 0. The summed E-state index contributed by atoms with van der Waals surface area (Å²) in [5, 5.41) is -0.576. The lowest BCUT2D eigenvalue weighted by molar-refractivity contribution is -0.125. The molecule has 1 amide bonds. The zero-order chi connectivity index (χ0) is 22.6. The minimum atomic E-state index is -3.51. The maximum atomic E-state index is 13.4.